The molecule has 2 aromatic rings. The first kappa shape index (κ1) is 14.9. The predicted molar refractivity (Wildman–Crippen MR) is 79.8 cm³/mol. The number of benzene rings is 2. The Labute approximate surface area is 124 Å². The number of hydrogen-bond acceptors (Lipinski definition) is 4. The molecule has 0 atom stereocenters. The highest BCUT2D eigenvalue weighted by Gasteiger charge is 2.14. The molecular weight excluding hydrogens is 268 g/mol. The van der Waals surface area contributed by atoms with Crippen molar-refractivity contribution in [2.24, 2.45) is 0 Å². The van der Waals surface area contributed by atoms with Gasteiger partial charge in [0.2, 0.25) is 0 Å². The third kappa shape index (κ3) is 3.54. The van der Waals surface area contributed by atoms with Gasteiger partial charge in [-0.2, -0.15) is 0 Å². The lowest BCUT2D eigenvalue weighted by molar-refractivity contribution is 0.0595. The minimum absolute atomic E-state index is 0.379. The van der Waals surface area contributed by atoms with Crippen molar-refractivity contribution < 1.29 is 19.0 Å². The van der Waals surface area contributed by atoms with Gasteiger partial charge in [-0.1, -0.05) is 24.3 Å². The Morgan fingerprint density at radius 1 is 1.10 bits per heavy atom. The number of carbonyl (C=O) groups is 1. The van der Waals surface area contributed by atoms with E-state index in [4.69, 9.17) is 14.2 Å². The van der Waals surface area contributed by atoms with Gasteiger partial charge in [-0.15, -0.1) is 0 Å². The molecule has 0 aliphatic heterocycles. The molecule has 0 unspecified atom stereocenters. The molecule has 0 aliphatic carbocycles. The number of hydrogen-bond donors (Lipinski definition) is 0. The van der Waals surface area contributed by atoms with Crippen LogP contribution in [0.3, 0.4) is 0 Å². The highest BCUT2D eigenvalue weighted by molar-refractivity contribution is 5.92. The molecule has 0 N–H and O–H groups in total. The van der Waals surface area contributed by atoms with Crippen LogP contribution >= 0.6 is 0 Å². The van der Waals surface area contributed by atoms with E-state index >= 15 is 0 Å². The van der Waals surface area contributed by atoms with E-state index in [0.29, 0.717) is 23.7 Å². The van der Waals surface area contributed by atoms with Crippen molar-refractivity contribution in [3.05, 3.63) is 59.2 Å². The van der Waals surface area contributed by atoms with Gasteiger partial charge < -0.3 is 14.2 Å². The largest absolute Gasteiger partial charge is 0.497 e. The molecule has 0 amide bonds. The summed E-state index contributed by atoms with van der Waals surface area (Å²) < 4.78 is 15.7. The first-order chi connectivity index (χ1) is 10.2. The van der Waals surface area contributed by atoms with Gasteiger partial charge in [-0.25, -0.2) is 4.79 Å². The lowest BCUT2D eigenvalue weighted by Gasteiger charge is -2.13. The highest BCUT2D eigenvalue weighted by Crippen LogP contribution is 2.26. The van der Waals surface area contributed by atoms with E-state index in [1.807, 2.05) is 31.2 Å². The molecule has 0 bridgehead atoms. The summed E-state index contributed by atoms with van der Waals surface area (Å²) in [4.78, 5) is 11.8. The first-order valence-corrected chi connectivity index (χ1v) is 6.59. The minimum Gasteiger partial charge on any atom is -0.497 e. The molecule has 21 heavy (non-hydrogen) atoms. The van der Waals surface area contributed by atoms with E-state index in [-0.39, 0.29) is 0 Å². The summed E-state index contributed by atoms with van der Waals surface area (Å²) in [5, 5.41) is 0. The number of methoxy groups -OCH3 is 2. The van der Waals surface area contributed by atoms with E-state index in [1.165, 1.54) is 7.11 Å². The van der Waals surface area contributed by atoms with E-state index in [0.717, 1.165) is 11.1 Å². The van der Waals surface area contributed by atoms with Crippen molar-refractivity contribution in [1.29, 1.82) is 0 Å². The summed E-state index contributed by atoms with van der Waals surface area (Å²) in [7, 11) is 2.91. The van der Waals surface area contributed by atoms with Crippen LogP contribution in [0.15, 0.2) is 42.5 Å². The van der Waals surface area contributed by atoms with Gasteiger partial charge in [-0.05, 0) is 30.2 Å². The number of carbonyl (C=O) groups excluding carboxylic acids is 1. The molecule has 0 saturated heterocycles. The van der Waals surface area contributed by atoms with Crippen molar-refractivity contribution in [1.82, 2.24) is 0 Å². The SMILES string of the molecule is COC(=O)c1ccc(OC)cc1OCc1ccccc1C. The minimum atomic E-state index is -0.433. The van der Waals surface area contributed by atoms with Crippen LogP contribution in [-0.2, 0) is 11.3 Å². The third-order valence-corrected chi connectivity index (χ3v) is 3.24. The Morgan fingerprint density at radius 2 is 1.86 bits per heavy atom. The molecule has 0 saturated carbocycles. The summed E-state index contributed by atoms with van der Waals surface area (Å²) in [5.74, 6) is 0.643. The lowest BCUT2D eigenvalue weighted by atomic mass is 10.1. The maximum absolute atomic E-state index is 11.8. The predicted octanol–water partition coefficient (Wildman–Crippen LogP) is 3.37. The second-order valence-electron chi connectivity index (χ2n) is 4.57. The van der Waals surface area contributed by atoms with Gasteiger partial charge in [0.25, 0.3) is 0 Å². The summed E-state index contributed by atoms with van der Waals surface area (Å²) in [6.45, 7) is 2.40. The monoisotopic (exact) mass is 286 g/mol. The first-order valence-electron chi connectivity index (χ1n) is 6.59. The molecule has 2 rings (SSSR count). The van der Waals surface area contributed by atoms with Crippen LogP contribution in [0.1, 0.15) is 21.5 Å². The molecule has 0 aliphatic rings. The fourth-order valence-corrected chi connectivity index (χ4v) is 1.96. The molecule has 110 valence electrons. The molecule has 0 spiro atoms. The molecule has 0 fully saturated rings. The van der Waals surface area contributed by atoms with Crippen LogP contribution in [0, 0.1) is 6.92 Å². The molecular formula is C17H18O4. The Kier molecular flexibility index (Phi) is 4.82. The molecule has 4 heteroatoms. The average Bonchev–Trinajstić information content (AvgIpc) is 2.53. The fraction of sp³-hybridized carbons (Fsp3) is 0.235. The summed E-state index contributed by atoms with van der Waals surface area (Å²) in [5.41, 5.74) is 2.59. The van der Waals surface area contributed by atoms with Crippen molar-refractivity contribution in [2.75, 3.05) is 14.2 Å². The molecule has 0 heterocycles. The van der Waals surface area contributed by atoms with Crippen LogP contribution in [0.25, 0.3) is 0 Å². The number of rotatable bonds is 5. The average molecular weight is 286 g/mol. The van der Waals surface area contributed by atoms with Gasteiger partial charge in [-0.3, -0.25) is 0 Å². The van der Waals surface area contributed by atoms with E-state index in [9.17, 15) is 4.79 Å². The Morgan fingerprint density at radius 3 is 2.52 bits per heavy atom. The second kappa shape index (κ2) is 6.79. The second-order valence-corrected chi connectivity index (χ2v) is 4.57. The maximum atomic E-state index is 11.8. The van der Waals surface area contributed by atoms with E-state index in [1.54, 1.807) is 25.3 Å². The zero-order valence-electron chi connectivity index (χ0n) is 12.4. The van der Waals surface area contributed by atoms with E-state index < -0.39 is 5.97 Å². The smallest absolute Gasteiger partial charge is 0.341 e. The van der Waals surface area contributed by atoms with Crippen LogP contribution < -0.4 is 9.47 Å². The number of ether oxygens (including phenoxy) is 3. The topological polar surface area (TPSA) is 44.8 Å². The van der Waals surface area contributed by atoms with Crippen LogP contribution in [0.5, 0.6) is 11.5 Å². The van der Waals surface area contributed by atoms with Gasteiger partial charge in [0.05, 0.1) is 14.2 Å². The normalized spacial score (nSPS) is 10.0. The summed E-state index contributed by atoms with van der Waals surface area (Å²) in [6, 6.07) is 13.0. The van der Waals surface area contributed by atoms with Crippen LogP contribution in [-0.4, -0.2) is 20.2 Å². The van der Waals surface area contributed by atoms with Gasteiger partial charge in [0, 0.05) is 6.07 Å². The van der Waals surface area contributed by atoms with Crippen molar-refractivity contribution in [2.45, 2.75) is 13.5 Å². The fourth-order valence-electron chi connectivity index (χ4n) is 1.96. The highest BCUT2D eigenvalue weighted by atomic mass is 16.5. The number of esters is 1. The van der Waals surface area contributed by atoms with E-state index in [2.05, 4.69) is 0 Å². The molecule has 0 radical (unpaired) electrons. The molecule has 2 aromatic carbocycles. The zero-order chi connectivity index (χ0) is 15.2. The van der Waals surface area contributed by atoms with Crippen molar-refractivity contribution in [3.63, 3.8) is 0 Å². The van der Waals surface area contributed by atoms with Crippen LogP contribution in [0.4, 0.5) is 0 Å². The third-order valence-electron chi connectivity index (χ3n) is 3.24. The summed E-state index contributed by atoms with van der Waals surface area (Å²) >= 11 is 0. The number of aryl methyl sites for hydroxylation is 1. The standard InChI is InChI=1S/C17H18O4/c1-12-6-4-5-7-13(12)11-21-16-10-14(19-2)8-9-15(16)17(18)20-3/h4-10H,11H2,1-3H3. The molecule has 4 nitrogen and oxygen atoms in total. The zero-order valence-corrected chi connectivity index (χ0v) is 12.4. The van der Waals surface area contributed by atoms with Crippen LogP contribution in [0.2, 0.25) is 0 Å². The van der Waals surface area contributed by atoms with Crippen molar-refractivity contribution >= 4 is 5.97 Å². The van der Waals surface area contributed by atoms with Gasteiger partial charge >= 0.3 is 5.97 Å². The Balaban J connectivity index is 2.25. The molecule has 0 aromatic heterocycles. The Hall–Kier alpha value is -2.49. The Bertz CT molecular complexity index is 634. The summed E-state index contributed by atoms with van der Waals surface area (Å²) in [6.07, 6.45) is 0. The van der Waals surface area contributed by atoms with Gasteiger partial charge in [0.15, 0.2) is 0 Å². The lowest BCUT2D eigenvalue weighted by Crippen LogP contribution is -2.06. The van der Waals surface area contributed by atoms with Crippen molar-refractivity contribution in [3.8, 4) is 11.5 Å². The maximum Gasteiger partial charge on any atom is 0.341 e. The quantitative estimate of drug-likeness (QED) is 0.790. The van der Waals surface area contributed by atoms with Gasteiger partial charge in [0.1, 0.15) is 23.7 Å².